The van der Waals surface area contributed by atoms with Gasteiger partial charge in [0.2, 0.25) is 0 Å². The first-order valence-corrected chi connectivity index (χ1v) is 6.31. The second-order valence-corrected chi connectivity index (χ2v) is 5.16. The van der Waals surface area contributed by atoms with Crippen LogP contribution in [0.15, 0.2) is 22.7 Å². The van der Waals surface area contributed by atoms with Crippen LogP contribution in [0.25, 0.3) is 0 Å². The molecule has 0 aliphatic rings. The molecule has 1 aromatic carbocycles. The third-order valence-electron chi connectivity index (χ3n) is 2.38. The zero-order chi connectivity index (χ0) is 14.6. The van der Waals surface area contributed by atoms with Crippen LogP contribution in [0.2, 0.25) is 0 Å². The lowest BCUT2D eigenvalue weighted by Crippen LogP contribution is -2.32. The molecule has 0 atom stereocenters. The number of likely N-dealkylation sites (N-methyl/N-ethyl adjacent to an activating group) is 1. The van der Waals surface area contributed by atoms with E-state index >= 15 is 0 Å². The minimum Gasteiger partial charge on any atom is -0.351 e. The van der Waals surface area contributed by atoms with Crippen molar-refractivity contribution >= 4 is 21.8 Å². The molecular formula is C12H14BrF3N2O. The van der Waals surface area contributed by atoms with E-state index in [-0.39, 0.29) is 10.0 Å². The van der Waals surface area contributed by atoms with Crippen molar-refractivity contribution in [1.29, 1.82) is 0 Å². The fourth-order valence-corrected chi connectivity index (χ4v) is 1.80. The summed E-state index contributed by atoms with van der Waals surface area (Å²) in [5.41, 5.74) is -1.31. The Bertz CT molecular complexity index is 461. The van der Waals surface area contributed by atoms with Crippen molar-refractivity contribution in [3.63, 3.8) is 0 Å². The number of nitrogens with one attached hydrogen (secondary N) is 1. The second-order valence-electron chi connectivity index (χ2n) is 4.25. The van der Waals surface area contributed by atoms with E-state index in [0.717, 1.165) is 12.1 Å². The van der Waals surface area contributed by atoms with Gasteiger partial charge in [-0.25, -0.2) is 0 Å². The summed E-state index contributed by atoms with van der Waals surface area (Å²) in [6.45, 7) is 0.850. The predicted octanol–water partition coefficient (Wildman–Crippen LogP) is 2.76. The zero-order valence-corrected chi connectivity index (χ0v) is 12.1. The van der Waals surface area contributed by atoms with Gasteiger partial charge in [0.15, 0.2) is 0 Å². The van der Waals surface area contributed by atoms with E-state index < -0.39 is 17.6 Å². The number of amides is 1. The molecule has 3 nitrogen and oxygen atoms in total. The van der Waals surface area contributed by atoms with Crippen LogP contribution in [0.1, 0.15) is 15.9 Å². The van der Waals surface area contributed by atoms with Gasteiger partial charge in [0.25, 0.3) is 5.91 Å². The monoisotopic (exact) mass is 338 g/mol. The highest BCUT2D eigenvalue weighted by atomic mass is 79.9. The number of rotatable bonds is 4. The van der Waals surface area contributed by atoms with Crippen molar-refractivity contribution < 1.29 is 18.0 Å². The van der Waals surface area contributed by atoms with E-state index in [1.165, 1.54) is 6.07 Å². The summed E-state index contributed by atoms with van der Waals surface area (Å²) < 4.78 is 38.8. The fraction of sp³-hybridized carbons (Fsp3) is 0.417. The molecule has 1 amide bonds. The highest BCUT2D eigenvalue weighted by Crippen LogP contribution is 2.33. The van der Waals surface area contributed by atoms with E-state index in [4.69, 9.17) is 0 Å². The molecule has 0 spiro atoms. The lowest BCUT2D eigenvalue weighted by atomic mass is 10.1. The molecule has 19 heavy (non-hydrogen) atoms. The summed E-state index contributed by atoms with van der Waals surface area (Å²) in [5, 5.41) is 2.47. The van der Waals surface area contributed by atoms with Gasteiger partial charge in [0, 0.05) is 17.6 Å². The summed E-state index contributed by atoms with van der Waals surface area (Å²) in [7, 11) is 3.62. The van der Waals surface area contributed by atoms with Gasteiger partial charge in [0.05, 0.1) is 11.1 Å². The van der Waals surface area contributed by atoms with Crippen molar-refractivity contribution in [3.8, 4) is 0 Å². The van der Waals surface area contributed by atoms with Gasteiger partial charge in [-0.2, -0.15) is 13.2 Å². The first-order chi connectivity index (χ1) is 8.71. The Labute approximate surface area is 117 Å². The Hall–Kier alpha value is -1.08. The van der Waals surface area contributed by atoms with Crippen LogP contribution >= 0.6 is 15.9 Å². The molecule has 1 rings (SSSR count). The van der Waals surface area contributed by atoms with Gasteiger partial charge in [-0.3, -0.25) is 4.79 Å². The van der Waals surface area contributed by atoms with Crippen molar-refractivity contribution in [2.24, 2.45) is 0 Å². The Morgan fingerprint density at radius 1 is 1.37 bits per heavy atom. The summed E-state index contributed by atoms with van der Waals surface area (Å²) in [4.78, 5) is 13.6. The molecule has 1 N–H and O–H groups in total. The van der Waals surface area contributed by atoms with E-state index in [1.807, 2.05) is 19.0 Å². The van der Waals surface area contributed by atoms with Crippen molar-refractivity contribution in [2.75, 3.05) is 27.2 Å². The number of carbonyl (C=O) groups is 1. The predicted molar refractivity (Wildman–Crippen MR) is 70.0 cm³/mol. The van der Waals surface area contributed by atoms with Gasteiger partial charge in [-0.1, -0.05) is 15.9 Å². The second kappa shape index (κ2) is 6.38. The normalized spacial score (nSPS) is 11.7. The minimum absolute atomic E-state index is 0.282. The Morgan fingerprint density at radius 3 is 2.53 bits per heavy atom. The Morgan fingerprint density at radius 2 is 2.00 bits per heavy atom. The van der Waals surface area contributed by atoms with E-state index in [1.54, 1.807) is 0 Å². The van der Waals surface area contributed by atoms with E-state index in [0.29, 0.717) is 13.1 Å². The molecule has 0 saturated carbocycles. The number of carbonyl (C=O) groups excluding carboxylic acids is 1. The van der Waals surface area contributed by atoms with Crippen LogP contribution < -0.4 is 5.32 Å². The molecule has 0 unspecified atom stereocenters. The molecule has 1 aromatic rings. The van der Waals surface area contributed by atoms with Crippen LogP contribution in [0.3, 0.4) is 0 Å². The van der Waals surface area contributed by atoms with Crippen molar-refractivity contribution in [3.05, 3.63) is 33.8 Å². The van der Waals surface area contributed by atoms with E-state index in [2.05, 4.69) is 21.2 Å². The molecule has 0 aliphatic carbocycles. The molecule has 7 heteroatoms. The highest BCUT2D eigenvalue weighted by Gasteiger charge is 2.35. The number of alkyl halides is 3. The quantitative estimate of drug-likeness (QED) is 0.915. The summed E-state index contributed by atoms with van der Waals surface area (Å²) in [5.74, 6) is -0.721. The maximum Gasteiger partial charge on any atom is 0.417 e. The van der Waals surface area contributed by atoms with E-state index in [9.17, 15) is 18.0 Å². The van der Waals surface area contributed by atoms with Crippen LogP contribution in [0.5, 0.6) is 0 Å². The molecule has 0 heterocycles. The first-order valence-electron chi connectivity index (χ1n) is 5.51. The molecule has 0 fully saturated rings. The molecule has 0 bridgehead atoms. The summed E-state index contributed by atoms with van der Waals surface area (Å²) in [6, 6.07) is 3.48. The third kappa shape index (κ3) is 4.83. The lowest BCUT2D eigenvalue weighted by Gasteiger charge is -2.14. The third-order valence-corrected chi connectivity index (χ3v) is 2.87. The largest absolute Gasteiger partial charge is 0.417 e. The summed E-state index contributed by atoms with van der Waals surface area (Å²) >= 11 is 2.97. The fourth-order valence-electron chi connectivity index (χ4n) is 1.44. The number of hydrogen-bond acceptors (Lipinski definition) is 2. The maximum absolute atomic E-state index is 12.8. The van der Waals surface area contributed by atoms with Crippen LogP contribution in [-0.4, -0.2) is 38.0 Å². The van der Waals surface area contributed by atoms with Crippen LogP contribution in [-0.2, 0) is 6.18 Å². The number of benzene rings is 1. The number of halogens is 4. The average Bonchev–Trinajstić information content (AvgIpc) is 2.27. The van der Waals surface area contributed by atoms with Crippen molar-refractivity contribution in [1.82, 2.24) is 10.2 Å². The molecule has 106 valence electrons. The van der Waals surface area contributed by atoms with Gasteiger partial charge < -0.3 is 10.2 Å². The summed E-state index contributed by atoms with van der Waals surface area (Å²) in [6.07, 6.45) is -4.56. The molecule has 0 aromatic heterocycles. The average molecular weight is 339 g/mol. The van der Waals surface area contributed by atoms with Crippen molar-refractivity contribution in [2.45, 2.75) is 6.18 Å². The molecule has 0 saturated heterocycles. The van der Waals surface area contributed by atoms with Crippen LogP contribution in [0.4, 0.5) is 13.2 Å². The highest BCUT2D eigenvalue weighted by molar-refractivity contribution is 9.10. The smallest absolute Gasteiger partial charge is 0.351 e. The SMILES string of the molecule is CN(C)CCNC(=O)c1ccc(Br)cc1C(F)(F)F. The lowest BCUT2D eigenvalue weighted by molar-refractivity contribution is -0.138. The Kier molecular flexibility index (Phi) is 5.37. The maximum atomic E-state index is 12.8. The minimum atomic E-state index is -4.56. The molecular weight excluding hydrogens is 325 g/mol. The number of nitrogens with zero attached hydrogens (tertiary/aromatic N) is 1. The standard InChI is InChI=1S/C12H14BrF3N2O/c1-18(2)6-5-17-11(19)9-4-3-8(13)7-10(9)12(14,15)16/h3-4,7H,5-6H2,1-2H3,(H,17,19). The van der Waals surface area contributed by atoms with Gasteiger partial charge in [0.1, 0.15) is 0 Å². The zero-order valence-electron chi connectivity index (χ0n) is 10.5. The first kappa shape index (κ1) is 16.0. The van der Waals surface area contributed by atoms with Crippen LogP contribution in [0, 0.1) is 0 Å². The van der Waals surface area contributed by atoms with Gasteiger partial charge >= 0.3 is 6.18 Å². The molecule has 0 aliphatic heterocycles. The Balaban J connectivity index is 2.91. The molecule has 0 radical (unpaired) electrons. The topological polar surface area (TPSA) is 32.3 Å². The number of hydrogen-bond donors (Lipinski definition) is 1. The van der Waals surface area contributed by atoms with Gasteiger partial charge in [-0.05, 0) is 32.3 Å². The van der Waals surface area contributed by atoms with Gasteiger partial charge in [-0.15, -0.1) is 0 Å².